The van der Waals surface area contributed by atoms with Gasteiger partial charge in [-0.25, -0.2) is 0 Å². The van der Waals surface area contributed by atoms with Gasteiger partial charge in [-0.2, -0.15) is 0 Å². The Morgan fingerprint density at radius 1 is 1.44 bits per heavy atom. The van der Waals surface area contributed by atoms with E-state index in [0.29, 0.717) is 0 Å². The Labute approximate surface area is 121 Å². The van der Waals surface area contributed by atoms with Crippen molar-refractivity contribution in [2.45, 2.75) is 42.8 Å². The van der Waals surface area contributed by atoms with Gasteiger partial charge in [0.15, 0.2) is 0 Å². The summed E-state index contributed by atoms with van der Waals surface area (Å²) in [6.45, 7) is 2.26. The molecule has 0 fully saturated rings. The molecule has 3 rings (SSSR count). The lowest BCUT2D eigenvalue weighted by Crippen LogP contribution is -1.99. The van der Waals surface area contributed by atoms with Gasteiger partial charge in [0, 0.05) is 26.2 Å². The molecule has 18 heavy (non-hydrogen) atoms. The molecular weight excluding hydrogens is 306 g/mol. The van der Waals surface area contributed by atoms with E-state index < -0.39 is 0 Å². The van der Waals surface area contributed by atoms with Crippen LogP contribution in [0.2, 0.25) is 0 Å². The van der Waals surface area contributed by atoms with Crippen molar-refractivity contribution < 1.29 is 0 Å². The van der Waals surface area contributed by atoms with Crippen molar-refractivity contribution in [3.05, 3.63) is 34.4 Å². The van der Waals surface area contributed by atoms with Crippen LogP contribution in [-0.4, -0.2) is 10.2 Å². The number of rotatable bonds is 3. The van der Waals surface area contributed by atoms with Crippen molar-refractivity contribution in [1.82, 2.24) is 4.98 Å². The summed E-state index contributed by atoms with van der Waals surface area (Å²) in [6, 6.07) is 6.37. The van der Waals surface area contributed by atoms with Crippen LogP contribution in [0.1, 0.15) is 31.7 Å². The van der Waals surface area contributed by atoms with E-state index in [2.05, 4.69) is 64.0 Å². The number of hydrogen-bond donors (Lipinski definition) is 0. The lowest BCUT2D eigenvalue weighted by molar-refractivity contribution is 0.686. The Morgan fingerprint density at radius 3 is 3.17 bits per heavy atom. The Bertz CT molecular complexity index is 582. The van der Waals surface area contributed by atoms with Crippen LogP contribution in [0.15, 0.2) is 33.8 Å². The average molecular weight is 322 g/mol. The highest BCUT2D eigenvalue weighted by Gasteiger charge is 2.24. The molecule has 0 amide bonds. The number of halogens is 1. The van der Waals surface area contributed by atoms with Crippen LogP contribution in [-0.2, 0) is 6.42 Å². The van der Waals surface area contributed by atoms with Gasteiger partial charge in [-0.3, -0.25) is 4.98 Å². The Kier molecular flexibility index (Phi) is 3.62. The second-order valence-corrected chi connectivity index (χ2v) is 7.00. The van der Waals surface area contributed by atoms with E-state index in [4.69, 9.17) is 0 Å². The minimum absolute atomic E-state index is 0.756. The molecule has 0 bridgehead atoms. The number of aromatic nitrogens is 1. The zero-order chi connectivity index (χ0) is 12.5. The first-order valence-electron chi connectivity index (χ1n) is 6.52. The van der Waals surface area contributed by atoms with Crippen molar-refractivity contribution in [1.29, 1.82) is 0 Å². The molecule has 2 heterocycles. The van der Waals surface area contributed by atoms with Crippen molar-refractivity contribution in [3.63, 3.8) is 0 Å². The average Bonchev–Trinajstić information content (AvgIpc) is 2.80. The number of para-hydroxylation sites is 1. The van der Waals surface area contributed by atoms with E-state index in [9.17, 15) is 0 Å². The lowest BCUT2D eigenvalue weighted by atomic mass is 10.1. The number of pyridine rings is 1. The second kappa shape index (κ2) is 5.22. The monoisotopic (exact) mass is 321 g/mol. The number of nitrogens with zero attached hydrogens (tertiary/aromatic N) is 1. The SMILES string of the molecule is CCCCC1Cc2cnc3c(Br)cccc3c2S1. The Morgan fingerprint density at radius 2 is 2.33 bits per heavy atom. The summed E-state index contributed by atoms with van der Waals surface area (Å²) in [5.41, 5.74) is 2.53. The highest BCUT2D eigenvalue weighted by Crippen LogP contribution is 2.43. The molecule has 0 spiro atoms. The van der Waals surface area contributed by atoms with Crippen molar-refractivity contribution in [2.75, 3.05) is 0 Å². The first-order chi connectivity index (χ1) is 8.79. The van der Waals surface area contributed by atoms with Gasteiger partial charge in [0.1, 0.15) is 0 Å². The lowest BCUT2D eigenvalue weighted by Gasteiger charge is -2.06. The predicted molar refractivity (Wildman–Crippen MR) is 82.3 cm³/mol. The van der Waals surface area contributed by atoms with Crippen LogP contribution in [0.3, 0.4) is 0 Å². The Hall–Kier alpha value is -0.540. The van der Waals surface area contributed by atoms with Crippen molar-refractivity contribution in [2.24, 2.45) is 0 Å². The van der Waals surface area contributed by atoms with E-state index in [-0.39, 0.29) is 0 Å². The maximum atomic E-state index is 4.61. The number of unbranched alkanes of at least 4 members (excludes halogenated alkanes) is 1. The summed E-state index contributed by atoms with van der Waals surface area (Å²) in [6.07, 6.45) is 7.21. The highest BCUT2D eigenvalue weighted by atomic mass is 79.9. The summed E-state index contributed by atoms with van der Waals surface area (Å²) < 4.78 is 1.10. The fraction of sp³-hybridized carbons (Fsp3) is 0.400. The maximum absolute atomic E-state index is 4.61. The van der Waals surface area contributed by atoms with Crippen LogP contribution in [0, 0.1) is 0 Å². The Balaban J connectivity index is 1.98. The molecule has 1 aromatic heterocycles. The fourth-order valence-electron chi connectivity index (χ4n) is 2.53. The molecule has 1 aliphatic heterocycles. The van der Waals surface area contributed by atoms with Crippen LogP contribution in [0.5, 0.6) is 0 Å². The van der Waals surface area contributed by atoms with Crippen LogP contribution in [0.25, 0.3) is 10.9 Å². The first kappa shape index (κ1) is 12.5. The molecule has 0 radical (unpaired) electrons. The molecule has 1 nitrogen and oxygen atoms in total. The van der Waals surface area contributed by atoms with E-state index in [1.54, 1.807) is 0 Å². The largest absolute Gasteiger partial charge is 0.255 e. The van der Waals surface area contributed by atoms with Crippen LogP contribution >= 0.6 is 27.7 Å². The third-order valence-electron chi connectivity index (χ3n) is 3.48. The van der Waals surface area contributed by atoms with E-state index >= 15 is 0 Å². The molecule has 0 N–H and O–H groups in total. The van der Waals surface area contributed by atoms with Gasteiger partial charge in [0.25, 0.3) is 0 Å². The van der Waals surface area contributed by atoms with E-state index in [1.807, 2.05) is 0 Å². The second-order valence-electron chi connectivity index (χ2n) is 4.83. The van der Waals surface area contributed by atoms with Crippen molar-refractivity contribution in [3.8, 4) is 0 Å². The third-order valence-corrected chi connectivity index (χ3v) is 5.58. The highest BCUT2D eigenvalue weighted by molar-refractivity contribution is 9.10. The van der Waals surface area contributed by atoms with Crippen LogP contribution in [0.4, 0.5) is 0 Å². The molecule has 94 valence electrons. The summed E-state index contributed by atoms with van der Waals surface area (Å²) >= 11 is 5.64. The number of benzene rings is 1. The molecule has 1 aliphatic rings. The molecule has 0 saturated heterocycles. The zero-order valence-electron chi connectivity index (χ0n) is 10.4. The minimum Gasteiger partial charge on any atom is -0.255 e. The molecule has 1 aromatic carbocycles. The zero-order valence-corrected chi connectivity index (χ0v) is 12.9. The molecule has 0 saturated carbocycles. The normalized spacial score (nSPS) is 18.2. The van der Waals surface area contributed by atoms with Gasteiger partial charge in [-0.1, -0.05) is 31.9 Å². The van der Waals surface area contributed by atoms with Gasteiger partial charge in [0.2, 0.25) is 0 Å². The summed E-state index contributed by atoms with van der Waals surface area (Å²) in [5, 5.41) is 2.07. The fourth-order valence-corrected chi connectivity index (χ4v) is 4.46. The standard InChI is InChI=1S/C15H16BrNS/c1-2-3-5-11-8-10-9-17-14-12(15(10)18-11)6-4-7-13(14)16/h4,6-7,9,11H,2-3,5,8H2,1H3. The first-order valence-corrected chi connectivity index (χ1v) is 8.19. The molecule has 2 aromatic rings. The molecule has 0 aliphatic carbocycles. The van der Waals surface area contributed by atoms with Crippen molar-refractivity contribution >= 4 is 38.6 Å². The molecule has 1 unspecified atom stereocenters. The molecule has 3 heteroatoms. The van der Waals surface area contributed by atoms with Crippen LogP contribution < -0.4 is 0 Å². The topological polar surface area (TPSA) is 12.9 Å². The van der Waals surface area contributed by atoms with E-state index in [1.165, 1.54) is 41.5 Å². The number of fused-ring (bicyclic) bond motifs is 3. The van der Waals surface area contributed by atoms with E-state index in [0.717, 1.165) is 15.2 Å². The third kappa shape index (κ3) is 2.19. The number of thioether (sulfide) groups is 1. The minimum atomic E-state index is 0.756. The maximum Gasteiger partial charge on any atom is 0.0855 e. The number of hydrogen-bond acceptors (Lipinski definition) is 2. The summed E-state index contributed by atoms with van der Waals surface area (Å²) in [4.78, 5) is 6.07. The van der Waals surface area contributed by atoms with Gasteiger partial charge in [0.05, 0.1) is 5.52 Å². The molecular formula is C15H16BrNS. The van der Waals surface area contributed by atoms with Gasteiger partial charge >= 0.3 is 0 Å². The van der Waals surface area contributed by atoms with Gasteiger partial charge in [-0.15, -0.1) is 11.8 Å². The van der Waals surface area contributed by atoms with Gasteiger partial charge < -0.3 is 0 Å². The predicted octanol–water partition coefficient (Wildman–Crippen LogP) is 5.20. The van der Waals surface area contributed by atoms with Gasteiger partial charge in [-0.05, 0) is 40.4 Å². The smallest absolute Gasteiger partial charge is 0.0855 e. The quantitative estimate of drug-likeness (QED) is 0.770. The molecule has 1 atom stereocenters. The summed E-state index contributed by atoms with van der Waals surface area (Å²) in [5.74, 6) is 0. The summed E-state index contributed by atoms with van der Waals surface area (Å²) in [7, 11) is 0.